The van der Waals surface area contributed by atoms with Crippen molar-refractivity contribution in [1.29, 1.82) is 0 Å². The Bertz CT molecular complexity index is 1390. The summed E-state index contributed by atoms with van der Waals surface area (Å²) in [5.41, 5.74) is 4.59. The van der Waals surface area contributed by atoms with E-state index >= 15 is 0 Å². The molecule has 3 aromatic heterocycles. The summed E-state index contributed by atoms with van der Waals surface area (Å²) in [5.74, 6) is -2.24. The molecule has 3 heterocycles. The van der Waals surface area contributed by atoms with E-state index in [1.807, 2.05) is 24.3 Å². The molecule has 34 heavy (non-hydrogen) atoms. The second-order valence-corrected chi connectivity index (χ2v) is 8.92. The van der Waals surface area contributed by atoms with Crippen LogP contribution < -0.4 is 0 Å². The van der Waals surface area contributed by atoms with Crippen molar-refractivity contribution in [2.45, 2.75) is 26.2 Å². The zero-order chi connectivity index (χ0) is 24.5. The van der Waals surface area contributed by atoms with Crippen LogP contribution in [0.15, 0.2) is 73.1 Å². The van der Waals surface area contributed by atoms with Crippen LogP contribution in [0.5, 0.6) is 0 Å². The van der Waals surface area contributed by atoms with Crippen molar-refractivity contribution in [1.82, 2.24) is 15.0 Å². The fourth-order valence-electron chi connectivity index (χ4n) is 3.53. The second-order valence-electron chi connectivity index (χ2n) is 8.92. The van der Waals surface area contributed by atoms with Crippen molar-refractivity contribution >= 4 is 11.9 Å². The summed E-state index contributed by atoms with van der Waals surface area (Å²) in [4.78, 5) is 36.3. The van der Waals surface area contributed by atoms with Crippen molar-refractivity contribution in [3.63, 3.8) is 0 Å². The number of hydrogen-bond acceptors (Lipinski definition) is 5. The van der Waals surface area contributed by atoms with Gasteiger partial charge in [-0.3, -0.25) is 9.97 Å². The SMILES string of the molecule is CC(C)(C)c1ccc(-c2ccnc(-c3cc(C(=O)O)cc(-c4cc(C(=O)O)ccn4)n3)c2)cc1. The molecule has 0 amide bonds. The lowest BCUT2D eigenvalue weighted by Gasteiger charge is -2.19. The van der Waals surface area contributed by atoms with Gasteiger partial charge in [-0.2, -0.15) is 0 Å². The van der Waals surface area contributed by atoms with Gasteiger partial charge in [0, 0.05) is 12.4 Å². The molecule has 0 spiro atoms. The number of pyridine rings is 3. The highest BCUT2D eigenvalue weighted by atomic mass is 16.4. The first-order chi connectivity index (χ1) is 16.1. The fourth-order valence-corrected chi connectivity index (χ4v) is 3.53. The Kier molecular flexibility index (Phi) is 5.94. The number of aromatic carboxylic acids is 2. The van der Waals surface area contributed by atoms with Crippen molar-refractivity contribution in [2.75, 3.05) is 0 Å². The molecule has 170 valence electrons. The summed E-state index contributed by atoms with van der Waals surface area (Å²) in [6, 6.07) is 17.6. The van der Waals surface area contributed by atoms with Gasteiger partial charge in [-0.05, 0) is 58.5 Å². The Balaban J connectivity index is 1.78. The summed E-state index contributed by atoms with van der Waals surface area (Å²) in [5, 5.41) is 18.9. The highest BCUT2D eigenvalue weighted by molar-refractivity contribution is 5.91. The van der Waals surface area contributed by atoms with Crippen LogP contribution in [0.3, 0.4) is 0 Å². The zero-order valence-corrected chi connectivity index (χ0v) is 19.0. The second kappa shape index (κ2) is 8.86. The molecule has 0 fully saturated rings. The van der Waals surface area contributed by atoms with Crippen LogP contribution in [0.2, 0.25) is 0 Å². The number of hydrogen-bond donors (Lipinski definition) is 2. The maximum Gasteiger partial charge on any atom is 0.335 e. The number of benzene rings is 1. The van der Waals surface area contributed by atoms with Crippen molar-refractivity contribution in [3.05, 3.63) is 89.7 Å². The van der Waals surface area contributed by atoms with E-state index in [0.717, 1.165) is 11.1 Å². The van der Waals surface area contributed by atoms with Gasteiger partial charge in [-0.15, -0.1) is 0 Å². The third-order valence-corrected chi connectivity index (χ3v) is 5.45. The Morgan fingerprint density at radius 1 is 0.647 bits per heavy atom. The number of aromatic nitrogens is 3. The van der Waals surface area contributed by atoms with E-state index in [0.29, 0.717) is 11.4 Å². The van der Waals surface area contributed by atoms with Gasteiger partial charge in [0.25, 0.3) is 0 Å². The summed E-state index contributed by atoms with van der Waals surface area (Å²) < 4.78 is 0. The maximum absolute atomic E-state index is 11.8. The minimum atomic E-state index is -1.13. The van der Waals surface area contributed by atoms with Gasteiger partial charge in [0.1, 0.15) is 0 Å². The third kappa shape index (κ3) is 4.83. The highest BCUT2D eigenvalue weighted by Crippen LogP contribution is 2.29. The number of carboxylic acid groups (broad SMARTS) is 2. The van der Waals surface area contributed by atoms with Gasteiger partial charge in [0.15, 0.2) is 0 Å². The number of rotatable bonds is 5. The molecule has 1 aromatic carbocycles. The first-order valence-electron chi connectivity index (χ1n) is 10.6. The van der Waals surface area contributed by atoms with E-state index in [-0.39, 0.29) is 27.9 Å². The summed E-state index contributed by atoms with van der Waals surface area (Å²) in [7, 11) is 0. The Hall–Kier alpha value is -4.39. The van der Waals surface area contributed by atoms with Crippen LogP contribution in [-0.4, -0.2) is 37.1 Å². The summed E-state index contributed by atoms with van der Waals surface area (Å²) in [6.07, 6.45) is 3.01. The standard InChI is InChI=1S/C27H23N3O4/c1-27(2,3)20-6-4-16(5-7-20)17-8-10-28-21(12-17)23-14-19(26(33)34)15-24(30-23)22-13-18(25(31)32)9-11-29-22/h4-15H,1-3H3,(H,31,32)(H,33,34). The van der Waals surface area contributed by atoms with Gasteiger partial charge in [-0.1, -0.05) is 45.0 Å². The molecule has 0 saturated carbocycles. The first-order valence-corrected chi connectivity index (χ1v) is 10.6. The molecule has 0 radical (unpaired) electrons. The monoisotopic (exact) mass is 453 g/mol. The highest BCUT2D eigenvalue weighted by Gasteiger charge is 2.16. The predicted molar refractivity (Wildman–Crippen MR) is 129 cm³/mol. The molecule has 0 bridgehead atoms. The van der Waals surface area contributed by atoms with Crippen LogP contribution >= 0.6 is 0 Å². The molecule has 4 aromatic rings. The van der Waals surface area contributed by atoms with Gasteiger partial charge in [0.05, 0.1) is 33.9 Å². The molecule has 0 aliphatic carbocycles. The van der Waals surface area contributed by atoms with Gasteiger partial charge >= 0.3 is 11.9 Å². The normalized spacial score (nSPS) is 11.3. The maximum atomic E-state index is 11.8. The molecule has 2 N–H and O–H groups in total. The lowest BCUT2D eigenvalue weighted by atomic mass is 9.86. The first kappa shape index (κ1) is 22.8. The van der Waals surface area contributed by atoms with Gasteiger partial charge in [-0.25, -0.2) is 14.6 Å². The third-order valence-electron chi connectivity index (χ3n) is 5.45. The summed E-state index contributed by atoms with van der Waals surface area (Å²) in [6.45, 7) is 6.48. The molecular formula is C27H23N3O4. The van der Waals surface area contributed by atoms with Crippen LogP contribution in [-0.2, 0) is 5.41 Å². The van der Waals surface area contributed by atoms with E-state index in [1.54, 1.807) is 6.20 Å². The van der Waals surface area contributed by atoms with E-state index in [1.165, 1.54) is 36.0 Å². The molecular weight excluding hydrogens is 430 g/mol. The number of carboxylic acids is 2. The Morgan fingerprint density at radius 3 is 1.74 bits per heavy atom. The Labute approximate surface area is 196 Å². The van der Waals surface area contributed by atoms with Crippen LogP contribution in [0.4, 0.5) is 0 Å². The predicted octanol–water partition coefficient (Wildman–Crippen LogP) is 5.57. The largest absolute Gasteiger partial charge is 0.478 e. The number of nitrogens with zero attached hydrogens (tertiary/aromatic N) is 3. The quantitative estimate of drug-likeness (QED) is 0.406. The molecule has 0 unspecified atom stereocenters. The molecule has 7 nitrogen and oxygen atoms in total. The minimum absolute atomic E-state index is 0.00395. The molecule has 0 atom stereocenters. The van der Waals surface area contributed by atoms with E-state index in [9.17, 15) is 19.8 Å². The fraction of sp³-hybridized carbons (Fsp3) is 0.148. The van der Waals surface area contributed by atoms with E-state index in [2.05, 4.69) is 47.9 Å². The topological polar surface area (TPSA) is 113 Å². The smallest absolute Gasteiger partial charge is 0.335 e. The lowest BCUT2D eigenvalue weighted by molar-refractivity contribution is 0.0686. The van der Waals surface area contributed by atoms with Crippen molar-refractivity contribution in [2.24, 2.45) is 0 Å². The van der Waals surface area contributed by atoms with Crippen LogP contribution in [0.25, 0.3) is 33.9 Å². The summed E-state index contributed by atoms with van der Waals surface area (Å²) >= 11 is 0. The zero-order valence-electron chi connectivity index (χ0n) is 19.0. The van der Waals surface area contributed by atoms with Crippen molar-refractivity contribution in [3.8, 4) is 33.9 Å². The van der Waals surface area contributed by atoms with Gasteiger partial charge < -0.3 is 10.2 Å². The number of carbonyl (C=O) groups is 2. The van der Waals surface area contributed by atoms with E-state index in [4.69, 9.17) is 0 Å². The average molecular weight is 453 g/mol. The minimum Gasteiger partial charge on any atom is -0.478 e. The lowest BCUT2D eigenvalue weighted by Crippen LogP contribution is -2.10. The van der Waals surface area contributed by atoms with Crippen LogP contribution in [0, 0.1) is 0 Å². The molecule has 0 aliphatic rings. The molecule has 4 rings (SSSR count). The molecule has 7 heteroatoms. The van der Waals surface area contributed by atoms with E-state index < -0.39 is 11.9 Å². The molecule has 0 saturated heterocycles. The average Bonchev–Trinajstić information content (AvgIpc) is 2.83. The van der Waals surface area contributed by atoms with Crippen LogP contribution in [0.1, 0.15) is 47.1 Å². The molecule has 0 aliphatic heterocycles. The van der Waals surface area contributed by atoms with Crippen molar-refractivity contribution < 1.29 is 19.8 Å². The van der Waals surface area contributed by atoms with Gasteiger partial charge in [0.2, 0.25) is 0 Å². The Morgan fingerprint density at radius 2 is 1.18 bits per heavy atom.